The summed E-state index contributed by atoms with van der Waals surface area (Å²) in [5.74, 6) is 0.534. The molecule has 0 atom stereocenters. The van der Waals surface area contributed by atoms with E-state index >= 15 is 0 Å². The minimum atomic E-state index is -0.659. The molecule has 0 aliphatic carbocycles. The van der Waals surface area contributed by atoms with Crippen LogP contribution in [0.25, 0.3) is 0 Å². The number of anilines is 1. The first-order valence-corrected chi connectivity index (χ1v) is 10.1. The molecule has 1 heterocycles. The van der Waals surface area contributed by atoms with E-state index in [4.69, 9.17) is 30.5 Å². The lowest BCUT2D eigenvalue weighted by Crippen LogP contribution is -2.49. The van der Waals surface area contributed by atoms with Crippen LogP contribution in [0.4, 0.5) is 5.69 Å². The molecule has 1 fully saturated rings. The Morgan fingerprint density at radius 1 is 0.935 bits per heavy atom. The first kappa shape index (κ1) is 22.6. The number of carbonyl (C=O) groups excluding carboxylic acids is 2. The van der Waals surface area contributed by atoms with E-state index in [1.807, 2.05) is 24.3 Å². The van der Waals surface area contributed by atoms with Crippen molar-refractivity contribution in [2.24, 2.45) is 0 Å². The van der Waals surface area contributed by atoms with E-state index in [0.717, 1.165) is 11.4 Å². The molecule has 1 saturated heterocycles. The average Bonchev–Trinajstić information content (AvgIpc) is 2.81. The van der Waals surface area contributed by atoms with Crippen molar-refractivity contribution in [3.8, 4) is 17.2 Å². The van der Waals surface area contributed by atoms with Gasteiger partial charge in [0.15, 0.2) is 18.1 Å². The number of piperazine rings is 1. The van der Waals surface area contributed by atoms with Gasteiger partial charge >= 0.3 is 5.97 Å². The van der Waals surface area contributed by atoms with E-state index in [2.05, 4.69) is 4.90 Å². The third kappa shape index (κ3) is 5.32. The van der Waals surface area contributed by atoms with Crippen LogP contribution in [0.15, 0.2) is 36.4 Å². The summed E-state index contributed by atoms with van der Waals surface area (Å²) in [7, 11) is 4.53. The molecule has 166 valence electrons. The molecule has 31 heavy (non-hydrogen) atoms. The van der Waals surface area contributed by atoms with Crippen LogP contribution >= 0.6 is 11.6 Å². The summed E-state index contributed by atoms with van der Waals surface area (Å²) in [4.78, 5) is 28.8. The van der Waals surface area contributed by atoms with Gasteiger partial charge in [-0.15, -0.1) is 0 Å². The summed E-state index contributed by atoms with van der Waals surface area (Å²) in [6, 6.07) is 10.7. The molecule has 0 N–H and O–H groups in total. The van der Waals surface area contributed by atoms with Crippen molar-refractivity contribution in [3.63, 3.8) is 0 Å². The number of hydrogen-bond acceptors (Lipinski definition) is 7. The highest BCUT2D eigenvalue weighted by Gasteiger charge is 2.23. The van der Waals surface area contributed by atoms with Crippen LogP contribution < -0.4 is 19.1 Å². The summed E-state index contributed by atoms with van der Waals surface area (Å²) in [5.41, 5.74) is 1.25. The summed E-state index contributed by atoms with van der Waals surface area (Å²) < 4.78 is 20.7. The number of rotatable bonds is 7. The Morgan fingerprint density at radius 2 is 1.61 bits per heavy atom. The molecular weight excluding hydrogens is 424 g/mol. The molecule has 1 aliphatic rings. The highest BCUT2D eigenvalue weighted by Crippen LogP contribution is 2.36. The fourth-order valence-electron chi connectivity index (χ4n) is 3.34. The Kier molecular flexibility index (Phi) is 7.46. The molecule has 2 aromatic carbocycles. The number of hydrogen-bond donors (Lipinski definition) is 0. The maximum atomic E-state index is 12.5. The number of carbonyl (C=O) groups is 2. The van der Waals surface area contributed by atoms with Gasteiger partial charge in [0.2, 0.25) is 0 Å². The van der Waals surface area contributed by atoms with Gasteiger partial charge in [0.1, 0.15) is 5.75 Å². The SMILES string of the molecule is COc1ccc(N2CCN(C(=O)COC(=O)c3cc(Cl)c(OC)c(OC)c3)CC2)cc1. The maximum Gasteiger partial charge on any atom is 0.338 e. The Morgan fingerprint density at radius 3 is 2.19 bits per heavy atom. The number of halogens is 1. The summed E-state index contributed by atoms with van der Waals surface area (Å²) in [6.07, 6.45) is 0. The predicted octanol–water partition coefficient (Wildman–Crippen LogP) is 2.87. The van der Waals surface area contributed by atoms with Crippen LogP contribution in [0.1, 0.15) is 10.4 Å². The monoisotopic (exact) mass is 448 g/mol. The van der Waals surface area contributed by atoms with Gasteiger partial charge in [0, 0.05) is 31.9 Å². The van der Waals surface area contributed by atoms with Crippen LogP contribution in [0.5, 0.6) is 17.2 Å². The van der Waals surface area contributed by atoms with Crippen molar-refractivity contribution in [2.45, 2.75) is 0 Å². The van der Waals surface area contributed by atoms with E-state index < -0.39 is 5.97 Å². The van der Waals surface area contributed by atoms with E-state index in [1.54, 1.807) is 12.0 Å². The highest BCUT2D eigenvalue weighted by molar-refractivity contribution is 6.32. The normalized spacial score (nSPS) is 13.5. The molecule has 0 radical (unpaired) electrons. The second-order valence-corrected chi connectivity index (χ2v) is 7.24. The van der Waals surface area contributed by atoms with Crippen molar-refractivity contribution in [1.82, 2.24) is 4.90 Å². The summed E-state index contributed by atoms with van der Waals surface area (Å²) in [6.45, 7) is 2.14. The van der Waals surface area contributed by atoms with Gasteiger partial charge in [-0.2, -0.15) is 0 Å². The molecular formula is C22H25ClN2O6. The fourth-order valence-corrected chi connectivity index (χ4v) is 3.63. The minimum Gasteiger partial charge on any atom is -0.497 e. The predicted molar refractivity (Wildman–Crippen MR) is 117 cm³/mol. The number of benzene rings is 2. The van der Waals surface area contributed by atoms with Gasteiger partial charge < -0.3 is 28.7 Å². The zero-order valence-electron chi connectivity index (χ0n) is 17.7. The smallest absolute Gasteiger partial charge is 0.338 e. The van der Waals surface area contributed by atoms with Gasteiger partial charge in [-0.05, 0) is 36.4 Å². The second-order valence-electron chi connectivity index (χ2n) is 6.84. The van der Waals surface area contributed by atoms with Crippen molar-refractivity contribution >= 4 is 29.2 Å². The van der Waals surface area contributed by atoms with Crippen LogP contribution in [0.3, 0.4) is 0 Å². The van der Waals surface area contributed by atoms with Crippen LogP contribution in [-0.4, -0.2) is 70.9 Å². The van der Waals surface area contributed by atoms with E-state index in [1.165, 1.54) is 26.4 Å². The first-order valence-electron chi connectivity index (χ1n) is 9.72. The largest absolute Gasteiger partial charge is 0.497 e. The number of esters is 1. The van der Waals surface area contributed by atoms with E-state index in [9.17, 15) is 9.59 Å². The van der Waals surface area contributed by atoms with Gasteiger partial charge in [-0.25, -0.2) is 4.79 Å². The molecule has 0 spiro atoms. The molecule has 9 heteroatoms. The van der Waals surface area contributed by atoms with Crippen molar-refractivity contribution < 1.29 is 28.5 Å². The van der Waals surface area contributed by atoms with Crippen molar-refractivity contribution in [2.75, 3.05) is 59.0 Å². The minimum absolute atomic E-state index is 0.180. The van der Waals surface area contributed by atoms with Crippen LogP contribution in [0, 0.1) is 0 Å². The zero-order chi connectivity index (χ0) is 22.4. The van der Waals surface area contributed by atoms with Crippen molar-refractivity contribution in [3.05, 3.63) is 47.0 Å². The maximum absolute atomic E-state index is 12.5. The van der Waals surface area contributed by atoms with E-state index in [0.29, 0.717) is 37.7 Å². The molecule has 0 aromatic heterocycles. The number of ether oxygens (including phenoxy) is 4. The second kappa shape index (κ2) is 10.3. The molecule has 1 amide bonds. The van der Waals surface area contributed by atoms with Gasteiger partial charge in [0.25, 0.3) is 5.91 Å². The number of methoxy groups -OCH3 is 3. The molecule has 8 nitrogen and oxygen atoms in total. The summed E-state index contributed by atoms with van der Waals surface area (Å²) >= 11 is 6.12. The zero-order valence-corrected chi connectivity index (χ0v) is 18.5. The Bertz CT molecular complexity index is 926. The molecule has 3 rings (SSSR count). The molecule has 0 unspecified atom stereocenters. The van der Waals surface area contributed by atoms with Crippen LogP contribution in [-0.2, 0) is 9.53 Å². The molecule has 0 bridgehead atoms. The summed E-state index contributed by atoms with van der Waals surface area (Å²) in [5, 5.41) is 0.217. The first-order chi connectivity index (χ1) is 15.0. The Labute approximate surface area is 186 Å². The topological polar surface area (TPSA) is 77.5 Å². The third-order valence-corrected chi connectivity index (χ3v) is 5.35. The van der Waals surface area contributed by atoms with Gasteiger partial charge in [-0.3, -0.25) is 4.79 Å². The quantitative estimate of drug-likeness (QED) is 0.603. The molecule has 1 aliphatic heterocycles. The number of amides is 1. The van der Waals surface area contributed by atoms with Crippen molar-refractivity contribution in [1.29, 1.82) is 0 Å². The van der Waals surface area contributed by atoms with Crippen LogP contribution in [0.2, 0.25) is 5.02 Å². The van der Waals surface area contributed by atoms with E-state index in [-0.39, 0.29) is 23.1 Å². The third-order valence-electron chi connectivity index (χ3n) is 5.07. The lowest BCUT2D eigenvalue weighted by atomic mass is 10.2. The molecule has 2 aromatic rings. The average molecular weight is 449 g/mol. The fraction of sp³-hybridized carbons (Fsp3) is 0.364. The standard InChI is InChI=1S/C22H25ClN2O6/c1-28-17-6-4-16(5-7-17)24-8-10-25(11-9-24)20(26)14-31-22(27)15-12-18(23)21(30-3)19(13-15)29-2/h4-7,12-13H,8-11,14H2,1-3H3. The number of nitrogens with zero attached hydrogens (tertiary/aromatic N) is 2. The van der Waals surface area contributed by atoms with Gasteiger partial charge in [0.05, 0.1) is 31.9 Å². The lowest BCUT2D eigenvalue weighted by molar-refractivity contribution is -0.134. The van der Waals surface area contributed by atoms with Gasteiger partial charge in [-0.1, -0.05) is 11.6 Å². The Hall–Kier alpha value is -3.13. The lowest BCUT2D eigenvalue weighted by Gasteiger charge is -2.36. The highest BCUT2D eigenvalue weighted by atomic mass is 35.5. The Balaban J connectivity index is 1.52. The molecule has 0 saturated carbocycles.